The van der Waals surface area contributed by atoms with Crippen LogP contribution in [-0.4, -0.2) is 73.5 Å². The van der Waals surface area contributed by atoms with Gasteiger partial charge in [-0.1, -0.05) is 0 Å². The lowest BCUT2D eigenvalue weighted by molar-refractivity contribution is -0.0543. The van der Waals surface area contributed by atoms with Gasteiger partial charge < -0.3 is 24.0 Å². The normalized spacial score (nSPS) is 14.0. The quantitative estimate of drug-likeness (QED) is 0.461. The lowest BCUT2D eigenvalue weighted by Gasteiger charge is -2.35. The minimum Gasteiger partial charge on any atom is -0.464 e. The molecule has 32 heavy (non-hydrogen) atoms. The van der Waals surface area contributed by atoms with E-state index in [2.05, 4.69) is 24.4 Å². The molecule has 0 atom stereocenters. The molecule has 0 aliphatic carbocycles. The van der Waals surface area contributed by atoms with E-state index in [0.29, 0.717) is 18.9 Å². The van der Waals surface area contributed by atoms with E-state index in [1.165, 1.54) is 18.1 Å². The fourth-order valence-electron chi connectivity index (χ4n) is 3.07. The number of anilines is 1. The van der Waals surface area contributed by atoms with Crippen molar-refractivity contribution in [2.24, 2.45) is 0 Å². The number of halogens is 4. The molecule has 2 aromatic rings. The van der Waals surface area contributed by atoms with Crippen molar-refractivity contribution < 1.29 is 41.4 Å². The molecule has 0 N–H and O–H groups in total. The lowest BCUT2D eigenvalue weighted by Crippen LogP contribution is -2.49. The maximum absolute atomic E-state index is 12.8. The number of carbonyl (C=O) groups excluding carboxylic acids is 2. The Morgan fingerprint density at radius 3 is 1.97 bits per heavy atom. The number of piperazine rings is 1. The number of carbonyl (C=O) groups is 2. The summed E-state index contributed by atoms with van der Waals surface area (Å²) in [6.45, 7) is -5.18. The van der Waals surface area contributed by atoms with Gasteiger partial charge in [-0.2, -0.15) is 17.6 Å². The SMILES string of the molecule is COC(=O)c1ccc(N2CCN(C(=O)c3cc(OC(F)F)cc(OC(F)F)c3)CC2)nn1. The molecule has 1 aromatic heterocycles. The maximum atomic E-state index is 12.8. The predicted octanol–water partition coefficient (Wildman–Crippen LogP) is 2.43. The van der Waals surface area contributed by atoms with Gasteiger partial charge in [0.2, 0.25) is 0 Å². The average molecular weight is 458 g/mol. The highest BCUT2D eigenvalue weighted by molar-refractivity contribution is 5.95. The monoisotopic (exact) mass is 458 g/mol. The highest BCUT2D eigenvalue weighted by atomic mass is 19.3. The zero-order chi connectivity index (χ0) is 23.3. The number of rotatable bonds is 7. The molecule has 3 rings (SSSR count). The first kappa shape index (κ1) is 23.0. The van der Waals surface area contributed by atoms with Gasteiger partial charge in [0.1, 0.15) is 11.5 Å². The Morgan fingerprint density at radius 2 is 1.50 bits per heavy atom. The molecule has 172 valence electrons. The number of methoxy groups -OCH3 is 1. The number of esters is 1. The van der Waals surface area contributed by atoms with Crippen LogP contribution >= 0.6 is 0 Å². The average Bonchev–Trinajstić information content (AvgIpc) is 2.77. The number of amides is 1. The third-order valence-corrected chi connectivity index (χ3v) is 4.51. The second-order valence-electron chi connectivity index (χ2n) is 6.50. The van der Waals surface area contributed by atoms with E-state index in [1.807, 2.05) is 4.90 Å². The molecular formula is C19H18F4N4O5. The standard InChI is InChI=1S/C19H18F4N4O5/c1-30-17(29)14-2-3-15(25-24-14)26-4-6-27(7-5-26)16(28)11-8-12(31-18(20)21)10-13(9-11)32-19(22)23/h2-3,8-10,18-19H,4-7H2,1H3. The highest BCUT2D eigenvalue weighted by Gasteiger charge is 2.25. The number of aromatic nitrogens is 2. The fraction of sp³-hybridized carbons (Fsp3) is 0.368. The first-order valence-electron chi connectivity index (χ1n) is 9.28. The Balaban J connectivity index is 1.68. The van der Waals surface area contributed by atoms with Crippen LogP contribution < -0.4 is 14.4 Å². The smallest absolute Gasteiger partial charge is 0.387 e. The first-order chi connectivity index (χ1) is 15.3. The van der Waals surface area contributed by atoms with Crippen LogP contribution in [0.3, 0.4) is 0 Å². The van der Waals surface area contributed by atoms with Crippen molar-refractivity contribution in [1.29, 1.82) is 0 Å². The summed E-state index contributed by atoms with van der Waals surface area (Å²) in [5.41, 5.74) is -0.0766. The van der Waals surface area contributed by atoms with E-state index in [0.717, 1.165) is 18.2 Å². The molecule has 1 fully saturated rings. The molecule has 1 amide bonds. The Bertz CT molecular complexity index is 925. The molecule has 0 radical (unpaired) electrons. The van der Waals surface area contributed by atoms with Gasteiger partial charge >= 0.3 is 19.2 Å². The van der Waals surface area contributed by atoms with E-state index in [-0.39, 0.29) is 24.3 Å². The molecule has 0 unspecified atom stereocenters. The number of hydrogen-bond acceptors (Lipinski definition) is 8. The van der Waals surface area contributed by atoms with Gasteiger partial charge in [0.25, 0.3) is 5.91 Å². The molecule has 0 spiro atoms. The van der Waals surface area contributed by atoms with Crippen LogP contribution in [0.2, 0.25) is 0 Å². The van der Waals surface area contributed by atoms with Crippen molar-refractivity contribution in [3.8, 4) is 11.5 Å². The molecule has 1 aliphatic heterocycles. The van der Waals surface area contributed by atoms with Crippen molar-refractivity contribution in [1.82, 2.24) is 15.1 Å². The molecule has 9 nitrogen and oxygen atoms in total. The molecular weight excluding hydrogens is 440 g/mol. The van der Waals surface area contributed by atoms with E-state index in [1.54, 1.807) is 6.07 Å². The van der Waals surface area contributed by atoms with Gasteiger partial charge in [-0.15, -0.1) is 10.2 Å². The number of alkyl halides is 4. The lowest BCUT2D eigenvalue weighted by atomic mass is 10.1. The predicted molar refractivity (Wildman–Crippen MR) is 101 cm³/mol. The van der Waals surface area contributed by atoms with E-state index >= 15 is 0 Å². The summed E-state index contributed by atoms with van der Waals surface area (Å²) < 4.78 is 63.2. The second-order valence-corrected chi connectivity index (χ2v) is 6.50. The van der Waals surface area contributed by atoms with Crippen LogP contribution in [0.25, 0.3) is 0 Å². The largest absolute Gasteiger partial charge is 0.464 e. The highest BCUT2D eigenvalue weighted by Crippen LogP contribution is 2.27. The Morgan fingerprint density at radius 1 is 0.906 bits per heavy atom. The zero-order valence-electron chi connectivity index (χ0n) is 16.7. The van der Waals surface area contributed by atoms with Gasteiger partial charge in [0.15, 0.2) is 11.5 Å². The number of ether oxygens (including phenoxy) is 3. The fourth-order valence-corrected chi connectivity index (χ4v) is 3.07. The zero-order valence-corrected chi connectivity index (χ0v) is 16.7. The van der Waals surface area contributed by atoms with Gasteiger partial charge in [0.05, 0.1) is 7.11 Å². The van der Waals surface area contributed by atoms with E-state index in [4.69, 9.17) is 0 Å². The third-order valence-electron chi connectivity index (χ3n) is 4.51. The van der Waals surface area contributed by atoms with Gasteiger partial charge in [-0.3, -0.25) is 4.79 Å². The van der Waals surface area contributed by atoms with Crippen LogP contribution in [0.4, 0.5) is 23.4 Å². The maximum Gasteiger partial charge on any atom is 0.387 e. The number of hydrogen-bond donors (Lipinski definition) is 0. The topological polar surface area (TPSA) is 94.1 Å². The van der Waals surface area contributed by atoms with Gasteiger partial charge in [-0.25, -0.2) is 4.79 Å². The second kappa shape index (κ2) is 10.1. The van der Waals surface area contributed by atoms with Crippen molar-refractivity contribution in [2.75, 3.05) is 38.2 Å². The summed E-state index contributed by atoms with van der Waals surface area (Å²) in [6, 6.07) is 5.98. The van der Waals surface area contributed by atoms with Crippen molar-refractivity contribution >= 4 is 17.7 Å². The summed E-state index contributed by atoms with van der Waals surface area (Å²) >= 11 is 0. The molecule has 0 saturated carbocycles. The number of benzene rings is 1. The molecule has 0 bridgehead atoms. The van der Waals surface area contributed by atoms with Crippen LogP contribution in [0.15, 0.2) is 30.3 Å². The Kier molecular flexibility index (Phi) is 7.28. The molecule has 1 aliphatic rings. The minimum atomic E-state index is -3.20. The summed E-state index contributed by atoms with van der Waals surface area (Å²) in [7, 11) is 1.23. The molecule has 13 heteroatoms. The summed E-state index contributed by atoms with van der Waals surface area (Å²) in [5.74, 6) is -1.63. The van der Waals surface area contributed by atoms with Crippen molar-refractivity contribution in [3.05, 3.63) is 41.6 Å². The minimum absolute atomic E-state index is 0.0535. The van der Waals surface area contributed by atoms with Gasteiger partial charge in [0, 0.05) is 37.8 Å². The first-order valence-corrected chi connectivity index (χ1v) is 9.28. The van der Waals surface area contributed by atoms with Crippen LogP contribution in [0.1, 0.15) is 20.8 Å². The molecule has 1 aromatic carbocycles. The summed E-state index contributed by atoms with van der Waals surface area (Å²) in [5, 5.41) is 7.77. The Hall–Kier alpha value is -3.64. The van der Waals surface area contributed by atoms with Crippen LogP contribution in [-0.2, 0) is 4.74 Å². The summed E-state index contributed by atoms with van der Waals surface area (Å²) in [4.78, 5) is 27.5. The summed E-state index contributed by atoms with van der Waals surface area (Å²) in [6.07, 6.45) is 0. The van der Waals surface area contributed by atoms with E-state index in [9.17, 15) is 27.2 Å². The van der Waals surface area contributed by atoms with Crippen molar-refractivity contribution in [2.45, 2.75) is 13.2 Å². The molecule has 2 heterocycles. The third kappa shape index (κ3) is 5.74. The Labute approximate surface area is 179 Å². The van der Waals surface area contributed by atoms with Gasteiger partial charge in [-0.05, 0) is 24.3 Å². The van der Waals surface area contributed by atoms with Crippen molar-refractivity contribution in [3.63, 3.8) is 0 Å². The molecule has 1 saturated heterocycles. The van der Waals surface area contributed by atoms with Crippen LogP contribution in [0.5, 0.6) is 11.5 Å². The van der Waals surface area contributed by atoms with E-state index < -0.39 is 36.6 Å². The number of nitrogens with zero attached hydrogens (tertiary/aromatic N) is 4. The van der Waals surface area contributed by atoms with Crippen LogP contribution in [0, 0.1) is 0 Å².